The molecule has 0 spiro atoms. The van der Waals surface area contributed by atoms with Crippen LogP contribution in [0.25, 0.3) is 11.3 Å². The van der Waals surface area contributed by atoms with E-state index in [0.29, 0.717) is 6.54 Å². The minimum absolute atomic E-state index is 0. The number of hydrogen-bond donors (Lipinski definition) is 0. The molecule has 1 aliphatic carbocycles. The van der Waals surface area contributed by atoms with Crippen LogP contribution in [0.2, 0.25) is 0 Å². The van der Waals surface area contributed by atoms with E-state index in [2.05, 4.69) is 64.1 Å². The number of unbranched alkanes of at least 4 members (excludes halogenated alkanes) is 1. The van der Waals surface area contributed by atoms with Crippen LogP contribution in [0, 0.1) is 5.92 Å². The van der Waals surface area contributed by atoms with Crippen molar-refractivity contribution < 1.29 is 21.7 Å². The van der Waals surface area contributed by atoms with E-state index in [9.17, 15) is 0 Å². The first-order chi connectivity index (χ1) is 9.61. The van der Waals surface area contributed by atoms with Crippen molar-refractivity contribution in [1.29, 1.82) is 0 Å². The van der Waals surface area contributed by atoms with Gasteiger partial charge in [0, 0.05) is 0 Å². The van der Waals surface area contributed by atoms with Crippen molar-refractivity contribution in [2.45, 2.75) is 47.0 Å². The smallest absolute Gasteiger partial charge is 0.677 e. The van der Waals surface area contributed by atoms with Crippen LogP contribution in [-0.4, -0.2) is 6.54 Å². The van der Waals surface area contributed by atoms with Crippen LogP contribution in [0.3, 0.4) is 0 Å². The number of halogens is 2. The van der Waals surface area contributed by atoms with E-state index in [4.69, 9.17) is 5.73 Å². The summed E-state index contributed by atoms with van der Waals surface area (Å²) < 4.78 is 0. The molecule has 0 saturated heterocycles. The summed E-state index contributed by atoms with van der Waals surface area (Å²) in [5, 5.41) is 0. The molecule has 0 saturated carbocycles. The average molecular weight is 390 g/mol. The zero-order chi connectivity index (χ0) is 15.0. The molecule has 0 bridgehead atoms. The van der Waals surface area contributed by atoms with Gasteiger partial charge < -0.3 is 5.73 Å². The van der Waals surface area contributed by atoms with Crippen LogP contribution < -0.4 is 0 Å². The summed E-state index contributed by atoms with van der Waals surface area (Å²) in [7, 11) is 0. The molecule has 1 aromatic carbocycles. The summed E-state index contributed by atoms with van der Waals surface area (Å²) in [5.41, 5.74) is 12.3. The maximum Gasteiger partial charge on any atom is 2.00 e. The Kier molecular flexibility index (Phi) is 18.5. The third-order valence-corrected chi connectivity index (χ3v) is 3.49. The van der Waals surface area contributed by atoms with Gasteiger partial charge >= 0.3 is 21.7 Å². The van der Waals surface area contributed by atoms with Gasteiger partial charge in [0.2, 0.25) is 0 Å². The minimum Gasteiger partial charge on any atom is -0.677 e. The molecule has 0 aromatic heterocycles. The van der Waals surface area contributed by atoms with Crippen LogP contribution >= 0.6 is 24.8 Å². The van der Waals surface area contributed by atoms with E-state index in [1.165, 1.54) is 28.2 Å². The molecule has 2 rings (SSSR count). The first-order valence-electron chi connectivity index (χ1n) is 7.52. The van der Waals surface area contributed by atoms with E-state index < -0.39 is 0 Å². The first kappa shape index (κ1) is 27.7. The predicted octanol–water partition coefficient (Wildman–Crippen LogP) is 7.06. The summed E-state index contributed by atoms with van der Waals surface area (Å²) in [4.78, 5) is 0. The Morgan fingerprint density at radius 2 is 1.74 bits per heavy atom. The van der Waals surface area contributed by atoms with Gasteiger partial charge in [-0.25, -0.2) is 0 Å². The third-order valence-electron chi connectivity index (χ3n) is 3.49. The second kappa shape index (κ2) is 15.4. The first-order valence-corrected chi connectivity index (χ1v) is 7.52. The second-order valence-corrected chi connectivity index (χ2v) is 5.42. The summed E-state index contributed by atoms with van der Waals surface area (Å²) in [6, 6.07) is 8.68. The molecule has 0 atom stereocenters. The van der Waals surface area contributed by atoms with Crippen LogP contribution in [0.15, 0.2) is 42.0 Å². The number of rotatable bonds is 4. The summed E-state index contributed by atoms with van der Waals surface area (Å²) >= 11 is 0. The van der Waals surface area contributed by atoms with E-state index in [1.54, 1.807) is 0 Å². The molecule has 0 amide bonds. The fourth-order valence-corrected chi connectivity index (χ4v) is 2.30. The van der Waals surface area contributed by atoms with E-state index in [-0.39, 0.29) is 46.5 Å². The SMILES string of the molecule is CC1=C(c2ccccc2[C-](C)C)CC=C1.CCCC[NH-].Cl.Cl.[Ti+2]. The van der Waals surface area contributed by atoms with Crippen LogP contribution in [0.4, 0.5) is 0 Å². The quantitative estimate of drug-likeness (QED) is 0.388. The Morgan fingerprint density at radius 1 is 1.13 bits per heavy atom. The topological polar surface area (TPSA) is 23.8 Å². The zero-order valence-electron chi connectivity index (χ0n) is 14.6. The Labute approximate surface area is 169 Å². The van der Waals surface area contributed by atoms with Gasteiger partial charge in [0.1, 0.15) is 0 Å². The third kappa shape index (κ3) is 9.03. The summed E-state index contributed by atoms with van der Waals surface area (Å²) in [5.74, 6) is 1.39. The van der Waals surface area contributed by atoms with Gasteiger partial charge in [0.25, 0.3) is 0 Å². The number of allylic oxidation sites excluding steroid dienone is 4. The Bertz CT molecular complexity index is 480. The predicted molar refractivity (Wildman–Crippen MR) is 105 cm³/mol. The second-order valence-electron chi connectivity index (χ2n) is 5.42. The van der Waals surface area contributed by atoms with Gasteiger partial charge in [-0.15, -0.1) is 42.5 Å². The van der Waals surface area contributed by atoms with Gasteiger partial charge in [0.15, 0.2) is 0 Å². The number of nitrogens with one attached hydrogen (secondary N) is 1. The van der Waals surface area contributed by atoms with Gasteiger partial charge in [-0.1, -0.05) is 63.0 Å². The molecule has 0 fully saturated rings. The van der Waals surface area contributed by atoms with E-state index in [0.717, 1.165) is 19.3 Å². The number of benzene rings is 1. The fraction of sp³-hybridized carbons (Fsp3) is 0.421. The maximum atomic E-state index is 6.60. The minimum atomic E-state index is 0. The van der Waals surface area contributed by atoms with E-state index in [1.807, 2.05) is 0 Å². The Morgan fingerprint density at radius 3 is 2.13 bits per heavy atom. The summed E-state index contributed by atoms with van der Waals surface area (Å²) in [6.45, 7) is 9.24. The van der Waals surface area contributed by atoms with Crippen molar-refractivity contribution in [3.05, 3.63) is 64.8 Å². The molecule has 1 N–H and O–H groups in total. The van der Waals surface area contributed by atoms with Crippen LogP contribution in [0.1, 0.15) is 58.1 Å². The Balaban J connectivity index is -0.000000444. The normalized spacial score (nSPS) is 11.5. The van der Waals surface area contributed by atoms with Gasteiger partial charge in [-0.3, -0.25) is 0 Å². The molecule has 0 heterocycles. The van der Waals surface area contributed by atoms with Crippen LogP contribution in [-0.2, 0) is 21.7 Å². The molecule has 0 unspecified atom stereocenters. The zero-order valence-corrected chi connectivity index (χ0v) is 17.8. The fourth-order valence-electron chi connectivity index (χ4n) is 2.30. The molecule has 1 aromatic rings. The van der Waals surface area contributed by atoms with Gasteiger partial charge in [-0.05, 0) is 13.3 Å². The molecule has 1 nitrogen and oxygen atoms in total. The Hall–Kier alpha value is -0.176. The van der Waals surface area contributed by atoms with Crippen molar-refractivity contribution >= 4 is 30.4 Å². The number of hydrogen-bond acceptors (Lipinski definition) is 0. The monoisotopic (exact) mass is 389 g/mol. The molecule has 0 aliphatic heterocycles. The molecule has 1 aliphatic rings. The molecule has 128 valence electrons. The molecular weight excluding hydrogens is 361 g/mol. The van der Waals surface area contributed by atoms with Crippen molar-refractivity contribution in [2.24, 2.45) is 0 Å². The van der Waals surface area contributed by atoms with Crippen LogP contribution in [0.5, 0.6) is 0 Å². The maximum absolute atomic E-state index is 6.60. The van der Waals surface area contributed by atoms with Crippen molar-refractivity contribution in [3.63, 3.8) is 0 Å². The molecule has 0 radical (unpaired) electrons. The van der Waals surface area contributed by atoms with Crippen molar-refractivity contribution in [2.75, 3.05) is 6.54 Å². The average Bonchev–Trinajstić information content (AvgIpc) is 2.86. The largest absolute Gasteiger partial charge is 2.00 e. The molecule has 23 heavy (non-hydrogen) atoms. The molecule has 4 heteroatoms. The van der Waals surface area contributed by atoms with Gasteiger partial charge in [-0.2, -0.15) is 24.1 Å². The molecular formula is C19H29Cl2NTi. The van der Waals surface area contributed by atoms with Crippen molar-refractivity contribution in [1.82, 2.24) is 0 Å². The summed E-state index contributed by atoms with van der Waals surface area (Å²) in [6.07, 6.45) is 7.75. The van der Waals surface area contributed by atoms with Gasteiger partial charge in [0.05, 0.1) is 0 Å². The standard InChI is InChI=1S/C15H17.C4H10N.2ClH.Ti/c1-11(2)13-8-4-5-9-15(13)14-10-6-7-12(14)3;1-2-3-4-5;;;/h4-9H,10H2,1-3H3;5H,2-4H2,1H3;2*1H;/q2*-1;;;+2. The van der Waals surface area contributed by atoms with E-state index >= 15 is 0 Å². The van der Waals surface area contributed by atoms with Crippen molar-refractivity contribution in [3.8, 4) is 0 Å².